The van der Waals surface area contributed by atoms with Crippen LogP contribution in [-0.4, -0.2) is 59.7 Å². The van der Waals surface area contributed by atoms with Crippen LogP contribution in [0.25, 0.3) is 0 Å². The predicted molar refractivity (Wildman–Crippen MR) is 140 cm³/mol. The molecule has 1 unspecified atom stereocenters. The molecule has 1 saturated heterocycles. The molecule has 1 heterocycles. The zero-order chi connectivity index (χ0) is 27.6. The maximum atomic E-state index is 12.6. The quantitative estimate of drug-likeness (QED) is 0.364. The van der Waals surface area contributed by atoms with Crippen molar-refractivity contribution in [2.75, 3.05) is 26.2 Å². The molecular formula is C27H36ClN5O4. The first-order valence-corrected chi connectivity index (χ1v) is 12.8. The van der Waals surface area contributed by atoms with E-state index in [2.05, 4.69) is 5.32 Å². The van der Waals surface area contributed by atoms with E-state index in [0.29, 0.717) is 23.9 Å². The second-order valence-electron chi connectivity index (χ2n) is 9.96. The molecule has 0 aliphatic carbocycles. The molecule has 10 heteroatoms. The number of allylic oxidation sites excluding steroid dienone is 1. The number of nitrogens with one attached hydrogen (secondary N) is 1. The van der Waals surface area contributed by atoms with Crippen LogP contribution in [0.3, 0.4) is 0 Å². The van der Waals surface area contributed by atoms with Crippen LogP contribution in [-0.2, 0) is 20.8 Å². The first-order chi connectivity index (χ1) is 17.5. The van der Waals surface area contributed by atoms with E-state index in [1.165, 1.54) is 0 Å². The number of amides is 1. The van der Waals surface area contributed by atoms with Crippen LogP contribution in [0.2, 0.25) is 5.02 Å². The Balaban J connectivity index is 2.38. The minimum Gasteiger partial charge on any atom is -0.465 e. The summed E-state index contributed by atoms with van der Waals surface area (Å²) in [4.78, 5) is 28.5. The monoisotopic (exact) mass is 529 g/mol. The van der Waals surface area contributed by atoms with Crippen molar-refractivity contribution in [2.45, 2.75) is 65.6 Å². The first kappa shape index (κ1) is 29.8. The van der Waals surface area contributed by atoms with Gasteiger partial charge in [0, 0.05) is 30.7 Å². The van der Waals surface area contributed by atoms with E-state index in [0.717, 1.165) is 18.4 Å². The molecule has 1 aliphatic heterocycles. The number of ether oxygens (including phenoxy) is 2. The molecule has 0 bridgehead atoms. The lowest BCUT2D eigenvalue weighted by Gasteiger charge is -2.42. The minimum absolute atomic E-state index is 0.0275. The summed E-state index contributed by atoms with van der Waals surface area (Å²) in [5.41, 5.74) is 0.0264. The highest BCUT2D eigenvalue weighted by Gasteiger charge is 2.32. The van der Waals surface area contributed by atoms with E-state index in [-0.39, 0.29) is 37.2 Å². The Morgan fingerprint density at radius 3 is 2.54 bits per heavy atom. The number of hydrogen-bond donors (Lipinski definition) is 1. The molecule has 1 aromatic carbocycles. The van der Waals surface area contributed by atoms with Crippen LogP contribution in [0.15, 0.2) is 35.7 Å². The van der Waals surface area contributed by atoms with E-state index in [1.54, 1.807) is 38.7 Å². The highest BCUT2D eigenvalue weighted by molar-refractivity contribution is 6.31. The SMILES string of the molecule is CCOC(=O)CN(Cc1ccccc1Cl)C(=C(C#N)C#N)N1CCCC([C@H](C)NC(=O)OC(C)(C)C)C1. The molecule has 1 aliphatic rings. The smallest absolute Gasteiger partial charge is 0.407 e. The van der Waals surface area contributed by atoms with Gasteiger partial charge >= 0.3 is 12.1 Å². The summed E-state index contributed by atoms with van der Waals surface area (Å²) in [6.45, 7) is 10.4. The Labute approximate surface area is 224 Å². The first-order valence-electron chi connectivity index (χ1n) is 12.4. The molecule has 2 atom stereocenters. The molecule has 2 rings (SSSR count). The van der Waals surface area contributed by atoms with Gasteiger partial charge in [0.1, 0.15) is 30.1 Å². The molecule has 0 spiro atoms. The number of piperidine rings is 1. The number of hydrogen-bond acceptors (Lipinski definition) is 8. The molecule has 1 fully saturated rings. The van der Waals surface area contributed by atoms with Gasteiger partial charge in [0.15, 0.2) is 5.57 Å². The van der Waals surface area contributed by atoms with Gasteiger partial charge < -0.3 is 24.6 Å². The summed E-state index contributed by atoms with van der Waals surface area (Å²) in [7, 11) is 0. The van der Waals surface area contributed by atoms with Gasteiger partial charge in [-0.05, 0) is 65.0 Å². The van der Waals surface area contributed by atoms with E-state index in [1.807, 2.05) is 42.2 Å². The van der Waals surface area contributed by atoms with Crippen molar-refractivity contribution >= 4 is 23.7 Å². The highest BCUT2D eigenvalue weighted by atomic mass is 35.5. The van der Waals surface area contributed by atoms with Gasteiger partial charge in [-0.15, -0.1) is 0 Å². The third-order valence-corrected chi connectivity index (χ3v) is 6.27. The Hall–Kier alpha value is -3.43. The molecule has 37 heavy (non-hydrogen) atoms. The number of halogens is 1. The third kappa shape index (κ3) is 9.18. The number of rotatable bonds is 9. The third-order valence-electron chi connectivity index (χ3n) is 5.90. The summed E-state index contributed by atoms with van der Waals surface area (Å²) >= 11 is 6.41. The largest absolute Gasteiger partial charge is 0.465 e. The van der Waals surface area contributed by atoms with Gasteiger partial charge in [0.25, 0.3) is 0 Å². The van der Waals surface area contributed by atoms with Crippen LogP contribution >= 0.6 is 11.6 Å². The maximum absolute atomic E-state index is 12.6. The van der Waals surface area contributed by atoms with Gasteiger partial charge in [0.2, 0.25) is 0 Å². The van der Waals surface area contributed by atoms with Gasteiger partial charge in [-0.25, -0.2) is 4.79 Å². The van der Waals surface area contributed by atoms with Crippen LogP contribution in [0.5, 0.6) is 0 Å². The fraction of sp³-hybridized carbons (Fsp3) is 0.556. The molecule has 0 radical (unpaired) electrons. The molecule has 1 N–H and O–H groups in total. The molecule has 200 valence electrons. The number of carbonyl (C=O) groups excluding carboxylic acids is 2. The standard InChI is InChI=1S/C27H36ClN5O4/c1-6-36-24(34)18-33(17-21-10-7-8-12-23(21)28)25(22(14-29)15-30)32-13-9-11-20(16-32)19(2)31-26(35)37-27(3,4)5/h7-8,10,12,19-20H,6,9,11,13,16-18H2,1-5H3,(H,31,35)/t19-,20?/m0/s1. The minimum atomic E-state index is -0.612. The summed E-state index contributed by atoms with van der Waals surface area (Å²) in [6.07, 6.45) is 1.13. The topological polar surface area (TPSA) is 119 Å². The number of nitrogens with zero attached hydrogens (tertiary/aromatic N) is 4. The van der Waals surface area contributed by atoms with Gasteiger partial charge in [-0.2, -0.15) is 10.5 Å². The number of nitriles is 2. The lowest BCUT2D eigenvalue weighted by atomic mass is 9.91. The summed E-state index contributed by atoms with van der Waals surface area (Å²) in [5.74, 6) is -0.0948. The maximum Gasteiger partial charge on any atom is 0.407 e. The number of likely N-dealkylation sites (tertiary alicyclic amines) is 1. The van der Waals surface area contributed by atoms with E-state index in [9.17, 15) is 20.1 Å². The lowest BCUT2D eigenvalue weighted by Crippen LogP contribution is -2.49. The second kappa shape index (κ2) is 13.8. The molecule has 0 saturated carbocycles. The summed E-state index contributed by atoms with van der Waals surface area (Å²) in [5, 5.41) is 23.1. The number of carbonyl (C=O) groups is 2. The van der Waals surface area contributed by atoms with Crippen molar-refractivity contribution in [3.8, 4) is 12.1 Å². The Kier molecular flexibility index (Phi) is 11.1. The fourth-order valence-electron chi connectivity index (χ4n) is 4.26. The summed E-state index contributed by atoms with van der Waals surface area (Å²) < 4.78 is 10.6. The lowest BCUT2D eigenvalue weighted by molar-refractivity contribution is -0.144. The van der Waals surface area contributed by atoms with Crippen molar-refractivity contribution in [1.29, 1.82) is 10.5 Å². The summed E-state index contributed by atoms with van der Waals surface area (Å²) in [6, 6.07) is 11.0. The fourth-order valence-corrected chi connectivity index (χ4v) is 4.46. The van der Waals surface area contributed by atoms with E-state index in [4.69, 9.17) is 21.1 Å². The van der Waals surface area contributed by atoms with Gasteiger partial charge in [-0.1, -0.05) is 29.8 Å². The zero-order valence-electron chi connectivity index (χ0n) is 22.2. The molecule has 1 amide bonds. The Morgan fingerprint density at radius 2 is 1.95 bits per heavy atom. The van der Waals surface area contributed by atoms with Crippen LogP contribution in [0, 0.1) is 28.6 Å². The zero-order valence-corrected chi connectivity index (χ0v) is 23.0. The molecule has 0 aromatic heterocycles. The Morgan fingerprint density at radius 1 is 1.27 bits per heavy atom. The van der Waals surface area contributed by atoms with Crippen molar-refractivity contribution in [2.24, 2.45) is 5.92 Å². The van der Waals surface area contributed by atoms with Gasteiger partial charge in [0.05, 0.1) is 6.61 Å². The van der Waals surface area contributed by atoms with Crippen molar-refractivity contribution < 1.29 is 19.1 Å². The van der Waals surface area contributed by atoms with E-state index >= 15 is 0 Å². The predicted octanol–water partition coefficient (Wildman–Crippen LogP) is 4.59. The average molecular weight is 530 g/mol. The van der Waals surface area contributed by atoms with Gasteiger partial charge in [-0.3, -0.25) is 4.79 Å². The van der Waals surface area contributed by atoms with Crippen LogP contribution in [0.1, 0.15) is 53.0 Å². The molecule has 9 nitrogen and oxygen atoms in total. The van der Waals surface area contributed by atoms with Crippen molar-refractivity contribution in [3.63, 3.8) is 0 Å². The number of esters is 1. The number of benzene rings is 1. The normalized spacial score (nSPS) is 16.0. The second-order valence-corrected chi connectivity index (χ2v) is 10.4. The Bertz CT molecular complexity index is 1050. The van der Waals surface area contributed by atoms with E-state index < -0.39 is 17.7 Å². The highest BCUT2D eigenvalue weighted by Crippen LogP contribution is 2.28. The van der Waals surface area contributed by atoms with Crippen molar-refractivity contribution in [3.05, 3.63) is 46.2 Å². The van der Waals surface area contributed by atoms with Crippen molar-refractivity contribution in [1.82, 2.24) is 15.1 Å². The number of alkyl carbamates (subject to hydrolysis) is 1. The van der Waals surface area contributed by atoms with Crippen LogP contribution in [0.4, 0.5) is 4.79 Å². The molecular weight excluding hydrogens is 494 g/mol. The molecule has 1 aromatic rings. The average Bonchev–Trinajstić information content (AvgIpc) is 2.82. The van der Waals surface area contributed by atoms with Crippen LogP contribution < -0.4 is 5.32 Å².